The van der Waals surface area contributed by atoms with Crippen molar-refractivity contribution in [3.63, 3.8) is 0 Å². The summed E-state index contributed by atoms with van der Waals surface area (Å²) in [5, 5.41) is 11.3. The fourth-order valence-electron chi connectivity index (χ4n) is 3.38. The molecule has 0 radical (unpaired) electrons. The first-order valence-electron chi connectivity index (χ1n) is 8.46. The molecule has 2 heteroatoms. The van der Waals surface area contributed by atoms with Gasteiger partial charge >= 0.3 is 0 Å². The van der Waals surface area contributed by atoms with Crippen LogP contribution >= 0.6 is 0 Å². The van der Waals surface area contributed by atoms with Gasteiger partial charge in [0, 0.05) is 11.1 Å². The number of rotatable bonds is 4. The Morgan fingerprint density at radius 2 is 1.43 bits per heavy atom. The monoisotopic (exact) mass is 306 g/mol. The van der Waals surface area contributed by atoms with Crippen LogP contribution in [0.15, 0.2) is 48.5 Å². The molecule has 0 bridgehead atoms. The lowest BCUT2D eigenvalue weighted by Crippen LogP contribution is -3.11. The smallest absolute Gasteiger partial charge is 0.178 e. The average molecular weight is 306 g/mol. The number of quaternary nitrogens is 1. The van der Waals surface area contributed by atoms with Gasteiger partial charge in [0.25, 0.3) is 0 Å². The van der Waals surface area contributed by atoms with E-state index in [-0.39, 0.29) is 0 Å². The Bertz CT molecular complexity index is 704. The summed E-state index contributed by atoms with van der Waals surface area (Å²) in [6.45, 7) is 7.66. The Morgan fingerprint density at radius 3 is 1.96 bits per heavy atom. The second-order valence-corrected chi connectivity index (χ2v) is 6.06. The van der Waals surface area contributed by atoms with Gasteiger partial charge in [0.1, 0.15) is 0 Å². The van der Waals surface area contributed by atoms with Crippen LogP contribution in [0.5, 0.6) is 0 Å². The zero-order valence-corrected chi connectivity index (χ0v) is 13.9. The molecule has 0 spiro atoms. The van der Waals surface area contributed by atoms with E-state index in [9.17, 15) is 5.11 Å². The maximum absolute atomic E-state index is 11.3. The van der Waals surface area contributed by atoms with Crippen LogP contribution in [0.4, 0.5) is 0 Å². The number of benzene rings is 2. The third kappa shape index (κ3) is 2.79. The van der Waals surface area contributed by atoms with Gasteiger partial charge in [0.2, 0.25) is 0 Å². The number of hydrogen-bond acceptors (Lipinski definition) is 1. The minimum absolute atomic E-state index is 0.809. The third-order valence-corrected chi connectivity index (χ3v) is 4.80. The molecule has 118 valence electrons. The Morgan fingerprint density at radius 1 is 0.913 bits per heavy atom. The van der Waals surface area contributed by atoms with Crippen LogP contribution in [0.2, 0.25) is 0 Å². The maximum Gasteiger partial charge on any atom is 0.178 e. The van der Waals surface area contributed by atoms with Crippen molar-refractivity contribution in [3.8, 4) is 23.0 Å². The van der Waals surface area contributed by atoms with Crippen LogP contribution in [-0.4, -0.2) is 24.7 Å². The summed E-state index contributed by atoms with van der Waals surface area (Å²) in [6, 6.07) is 16.1. The first kappa shape index (κ1) is 15.8. The first-order valence-corrected chi connectivity index (χ1v) is 8.46. The van der Waals surface area contributed by atoms with Crippen molar-refractivity contribution < 1.29 is 10.0 Å². The summed E-state index contributed by atoms with van der Waals surface area (Å²) in [4.78, 5) is 1.54. The standard InChI is InChI=1S/C21H23NO/c1-3-22(4-2)16-10-9-15-21(23)19-13-7-5-11-17(19)18-12-6-8-14-20(18)21/h5-8,11-14,23H,3-4,10,16H2,1-2H3/p+1. The van der Waals surface area contributed by atoms with Gasteiger partial charge in [-0.1, -0.05) is 60.4 Å². The molecule has 0 unspecified atom stereocenters. The molecule has 1 aliphatic rings. The predicted octanol–water partition coefficient (Wildman–Crippen LogP) is 2.22. The highest BCUT2D eigenvalue weighted by Gasteiger charge is 2.39. The summed E-state index contributed by atoms with van der Waals surface area (Å²) >= 11 is 0. The van der Waals surface area contributed by atoms with Crippen molar-refractivity contribution in [2.45, 2.75) is 25.9 Å². The Balaban J connectivity index is 1.92. The van der Waals surface area contributed by atoms with E-state index >= 15 is 0 Å². The number of fused-ring (bicyclic) bond motifs is 3. The Hall–Kier alpha value is -2.08. The van der Waals surface area contributed by atoms with Crippen LogP contribution in [0.3, 0.4) is 0 Å². The van der Waals surface area contributed by atoms with Gasteiger partial charge in [-0.05, 0) is 25.0 Å². The molecule has 0 amide bonds. The molecule has 0 aliphatic heterocycles. The zero-order chi connectivity index (χ0) is 16.3. The van der Waals surface area contributed by atoms with E-state index in [0.717, 1.165) is 48.3 Å². The van der Waals surface area contributed by atoms with Crippen LogP contribution in [0.25, 0.3) is 11.1 Å². The molecular formula is C21H24NO+. The second kappa shape index (κ2) is 6.58. The highest BCUT2D eigenvalue weighted by molar-refractivity contribution is 5.81. The second-order valence-electron chi connectivity index (χ2n) is 6.06. The topological polar surface area (TPSA) is 24.7 Å². The fraction of sp³-hybridized carbons (Fsp3) is 0.333. The minimum atomic E-state index is -1.17. The van der Waals surface area contributed by atoms with Crippen LogP contribution in [0.1, 0.15) is 31.4 Å². The molecule has 0 heterocycles. The highest BCUT2D eigenvalue weighted by atomic mass is 16.3. The van der Waals surface area contributed by atoms with Crippen molar-refractivity contribution in [1.29, 1.82) is 0 Å². The third-order valence-electron chi connectivity index (χ3n) is 4.80. The van der Waals surface area contributed by atoms with Crippen molar-refractivity contribution in [2.24, 2.45) is 0 Å². The maximum atomic E-state index is 11.3. The molecule has 0 saturated heterocycles. The van der Waals surface area contributed by atoms with Gasteiger partial charge in [-0.3, -0.25) is 0 Å². The molecule has 0 fully saturated rings. The molecule has 2 aromatic carbocycles. The molecule has 0 saturated carbocycles. The van der Waals surface area contributed by atoms with Crippen molar-refractivity contribution in [3.05, 3.63) is 59.7 Å². The van der Waals surface area contributed by atoms with E-state index < -0.39 is 5.60 Å². The van der Waals surface area contributed by atoms with Gasteiger partial charge < -0.3 is 10.0 Å². The van der Waals surface area contributed by atoms with Crippen molar-refractivity contribution >= 4 is 0 Å². The van der Waals surface area contributed by atoms with E-state index in [1.165, 1.54) is 0 Å². The normalized spacial score (nSPS) is 14.1. The molecular weight excluding hydrogens is 282 g/mol. The van der Waals surface area contributed by atoms with E-state index in [1.807, 2.05) is 36.4 Å². The lowest BCUT2D eigenvalue weighted by atomic mass is 9.92. The van der Waals surface area contributed by atoms with Crippen molar-refractivity contribution in [1.82, 2.24) is 0 Å². The number of nitrogens with one attached hydrogen (secondary N) is 1. The van der Waals surface area contributed by atoms with Gasteiger partial charge in [-0.15, -0.1) is 0 Å². The first-order chi connectivity index (χ1) is 11.2. The summed E-state index contributed by atoms with van der Waals surface area (Å²) in [5.74, 6) is 6.39. The molecule has 2 aromatic rings. The Labute approximate surface area is 138 Å². The molecule has 3 rings (SSSR count). The molecule has 2 nitrogen and oxygen atoms in total. The quantitative estimate of drug-likeness (QED) is 0.832. The predicted molar refractivity (Wildman–Crippen MR) is 94.2 cm³/mol. The summed E-state index contributed by atoms with van der Waals surface area (Å²) < 4.78 is 0. The highest BCUT2D eigenvalue weighted by Crippen LogP contribution is 2.46. The molecule has 2 N–H and O–H groups in total. The molecule has 0 atom stereocenters. The van der Waals surface area contributed by atoms with E-state index in [4.69, 9.17) is 0 Å². The Kier molecular flexibility index (Phi) is 4.52. The summed E-state index contributed by atoms with van der Waals surface area (Å²) in [5.41, 5.74) is 2.82. The molecule has 0 aromatic heterocycles. The van der Waals surface area contributed by atoms with Gasteiger partial charge in [0.15, 0.2) is 5.60 Å². The molecule has 23 heavy (non-hydrogen) atoms. The van der Waals surface area contributed by atoms with Gasteiger partial charge in [0.05, 0.1) is 26.1 Å². The fourth-order valence-corrected chi connectivity index (χ4v) is 3.38. The van der Waals surface area contributed by atoms with Crippen LogP contribution in [0, 0.1) is 11.8 Å². The zero-order valence-electron chi connectivity index (χ0n) is 13.9. The SMILES string of the molecule is CC[NH+](CC)CCC#CC1(O)c2ccccc2-c2ccccc21. The average Bonchev–Trinajstić information content (AvgIpc) is 2.86. The van der Waals surface area contributed by atoms with Crippen molar-refractivity contribution in [2.75, 3.05) is 19.6 Å². The largest absolute Gasteiger partial charge is 0.369 e. The van der Waals surface area contributed by atoms with E-state index in [0.29, 0.717) is 0 Å². The van der Waals surface area contributed by atoms with Crippen LogP contribution in [-0.2, 0) is 5.60 Å². The number of hydrogen-bond donors (Lipinski definition) is 2. The lowest BCUT2D eigenvalue weighted by Gasteiger charge is -2.19. The summed E-state index contributed by atoms with van der Waals surface area (Å²) in [6.07, 6.45) is 0.809. The summed E-state index contributed by atoms with van der Waals surface area (Å²) in [7, 11) is 0. The van der Waals surface area contributed by atoms with Gasteiger partial charge in [-0.2, -0.15) is 0 Å². The van der Waals surface area contributed by atoms with Gasteiger partial charge in [-0.25, -0.2) is 0 Å². The van der Waals surface area contributed by atoms with E-state index in [2.05, 4.69) is 37.8 Å². The minimum Gasteiger partial charge on any atom is -0.369 e. The van der Waals surface area contributed by atoms with E-state index in [1.54, 1.807) is 4.90 Å². The van der Waals surface area contributed by atoms with Crippen LogP contribution < -0.4 is 4.90 Å². The molecule has 1 aliphatic carbocycles. The lowest BCUT2D eigenvalue weighted by molar-refractivity contribution is -0.895. The number of aliphatic hydroxyl groups is 1.